The number of amides is 1. The third-order valence-corrected chi connectivity index (χ3v) is 2.64. The Morgan fingerprint density at radius 2 is 1.94 bits per heavy atom. The third kappa shape index (κ3) is 2.32. The van der Waals surface area contributed by atoms with Crippen LogP contribution in [0.1, 0.15) is 10.4 Å². The van der Waals surface area contributed by atoms with Crippen LogP contribution in [0.15, 0.2) is 47.4 Å². The Morgan fingerprint density at radius 1 is 1.17 bits per heavy atom. The first-order valence-electron chi connectivity index (χ1n) is 5.59. The van der Waals surface area contributed by atoms with Crippen molar-refractivity contribution in [1.82, 2.24) is 9.88 Å². The predicted octanol–water partition coefficient (Wildman–Crippen LogP) is 1.74. The van der Waals surface area contributed by atoms with Gasteiger partial charge in [0.2, 0.25) is 0 Å². The Balaban J connectivity index is 2.49. The van der Waals surface area contributed by atoms with E-state index in [-0.39, 0.29) is 11.5 Å². The van der Waals surface area contributed by atoms with Crippen molar-refractivity contribution in [2.45, 2.75) is 0 Å². The minimum absolute atomic E-state index is 0.0794. The normalized spacial score (nSPS) is 10.1. The molecule has 0 saturated heterocycles. The van der Waals surface area contributed by atoms with Gasteiger partial charge in [-0.15, -0.1) is 0 Å². The van der Waals surface area contributed by atoms with E-state index in [1.807, 2.05) is 6.07 Å². The number of H-pyrrole nitrogens is 1. The van der Waals surface area contributed by atoms with Gasteiger partial charge in [0.1, 0.15) is 0 Å². The van der Waals surface area contributed by atoms with Gasteiger partial charge in [0.15, 0.2) is 0 Å². The number of hydrogen-bond donors (Lipinski definition) is 1. The molecule has 0 spiro atoms. The van der Waals surface area contributed by atoms with Crippen LogP contribution in [0.4, 0.5) is 0 Å². The summed E-state index contributed by atoms with van der Waals surface area (Å²) in [6.07, 6.45) is 1.58. The zero-order valence-corrected chi connectivity index (χ0v) is 10.3. The van der Waals surface area contributed by atoms with Gasteiger partial charge in [0.05, 0.1) is 0 Å². The number of pyridine rings is 1. The van der Waals surface area contributed by atoms with Gasteiger partial charge in [-0.25, -0.2) is 0 Å². The lowest BCUT2D eigenvalue weighted by molar-refractivity contribution is 0.0827. The minimum atomic E-state index is -0.160. The number of carbonyl (C=O) groups is 1. The summed E-state index contributed by atoms with van der Waals surface area (Å²) in [6.45, 7) is 0. The standard InChI is InChI=1S/C14H14N2O2/c1-16(2)14(18)11-6-3-5-10(9-11)12-7-4-8-15-13(12)17/h3-9H,1-2H3,(H,15,17). The van der Waals surface area contributed by atoms with Crippen molar-refractivity contribution in [2.24, 2.45) is 0 Å². The molecular formula is C14H14N2O2. The number of rotatable bonds is 2. The molecule has 2 rings (SSSR count). The van der Waals surface area contributed by atoms with Crippen LogP contribution in [0.3, 0.4) is 0 Å². The molecule has 0 radical (unpaired) electrons. The lowest BCUT2D eigenvalue weighted by Crippen LogP contribution is -2.21. The van der Waals surface area contributed by atoms with Crippen molar-refractivity contribution in [3.63, 3.8) is 0 Å². The molecule has 1 amide bonds. The summed E-state index contributed by atoms with van der Waals surface area (Å²) in [4.78, 5) is 27.7. The SMILES string of the molecule is CN(C)C(=O)c1cccc(-c2ccc[nH]c2=O)c1. The second-order valence-electron chi connectivity index (χ2n) is 4.19. The van der Waals surface area contributed by atoms with Crippen molar-refractivity contribution >= 4 is 5.91 Å². The van der Waals surface area contributed by atoms with Gasteiger partial charge < -0.3 is 9.88 Å². The summed E-state index contributed by atoms with van der Waals surface area (Å²) >= 11 is 0. The summed E-state index contributed by atoms with van der Waals surface area (Å²) in [5, 5.41) is 0. The topological polar surface area (TPSA) is 53.2 Å². The molecule has 4 heteroatoms. The summed E-state index contributed by atoms with van der Waals surface area (Å²) < 4.78 is 0. The van der Waals surface area contributed by atoms with E-state index in [0.717, 1.165) is 5.56 Å². The number of aromatic amines is 1. The maximum atomic E-state index is 11.9. The Morgan fingerprint density at radius 3 is 2.61 bits per heavy atom. The van der Waals surface area contributed by atoms with Gasteiger partial charge in [0, 0.05) is 31.4 Å². The first kappa shape index (κ1) is 12.1. The molecule has 0 atom stereocenters. The third-order valence-electron chi connectivity index (χ3n) is 2.64. The second-order valence-corrected chi connectivity index (χ2v) is 4.19. The van der Waals surface area contributed by atoms with E-state index in [1.165, 1.54) is 4.90 Å². The number of nitrogens with zero attached hydrogens (tertiary/aromatic N) is 1. The van der Waals surface area contributed by atoms with Crippen LogP contribution in [0.25, 0.3) is 11.1 Å². The number of hydrogen-bond acceptors (Lipinski definition) is 2. The van der Waals surface area contributed by atoms with Crippen molar-refractivity contribution in [3.05, 3.63) is 58.5 Å². The number of benzene rings is 1. The molecule has 2 aromatic rings. The largest absolute Gasteiger partial charge is 0.345 e. The van der Waals surface area contributed by atoms with Crippen molar-refractivity contribution in [1.29, 1.82) is 0 Å². The molecule has 0 aliphatic rings. The van der Waals surface area contributed by atoms with Crippen LogP contribution >= 0.6 is 0 Å². The Kier molecular flexibility index (Phi) is 3.28. The van der Waals surface area contributed by atoms with Gasteiger partial charge in [-0.3, -0.25) is 9.59 Å². The smallest absolute Gasteiger partial charge is 0.255 e. The van der Waals surface area contributed by atoms with Crippen LogP contribution in [-0.4, -0.2) is 29.9 Å². The molecule has 0 unspecified atom stereocenters. The summed E-state index contributed by atoms with van der Waals surface area (Å²) in [7, 11) is 3.40. The molecular weight excluding hydrogens is 228 g/mol. The summed E-state index contributed by atoms with van der Waals surface area (Å²) in [6, 6.07) is 10.6. The fourth-order valence-electron chi connectivity index (χ4n) is 1.73. The number of nitrogens with one attached hydrogen (secondary N) is 1. The molecule has 4 nitrogen and oxygen atoms in total. The zero-order valence-electron chi connectivity index (χ0n) is 10.3. The first-order valence-corrected chi connectivity index (χ1v) is 5.59. The highest BCUT2D eigenvalue weighted by atomic mass is 16.2. The average Bonchev–Trinajstić information content (AvgIpc) is 2.38. The van der Waals surface area contributed by atoms with Crippen molar-refractivity contribution in [3.8, 4) is 11.1 Å². The maximum Gasteiger partial charge on any atom is 0.255 e. The second kappa shape index (κ2) is 4.87. The zero-order chi connectivity index (χ0) is 13.1. The van der Waals surface area contributed by atoms with E-state index in [1.54, 1.807) is 50.6 Å². The van der Waals surface area contributed by atoms with Crippen LogP contribution in [0, 0.1) is 0 Å². The number of aromatic nitrogens is 1. The molecule has 0 aliphatic carbocycles. The fraction of sp³-hybridized carbons (Fsp3) is 0.143. The van der Waals surface area contributed by atoms with Crippen molar-refractivity contribution in [2.75, 3.05) is 14.1 Å². The van der Waals surface area contributed by atoms with E-state index in [9.17, 15) is 9.59 Å². The van der Waals surface area contributed by atoms with E-state index in [2.05, 4.69) is 4.98 Å². The highest BCUT2D eigenvalue weighted by molar-refractivity contribution is 5.95. The average molecular weight is 242 g/mol. The van der Waals surface area contributed by atoms with Crippen LogP contribution < -0.4 is 5.56 Å². The Hall–Kier alpha value is -2.36. The first-order chi connectivity index (χ1) is 8.59. The highest BCUT2D eigenvalue weighted by Gasteiger charge is 2.09. The molecule has 0 aliphatic heterocycles. The predicted molar refractivity (Wildman–Crippen MR) is 70.5 cm³/mol. The molecule has 1 N–H and O–H groups in total. The van der Waals surface area contributed by atoms with E-state index in [4.69, 9.17) is 0 Å². The van der Waals surface area contributed by atoms with E-state index < -0.39 is 0 Å². The number of carbonyl (C=O) groups excluding carboxylic acids is 1. The van der Waals surface area contributed by atoms with Gasteiger partial charge in [0.25, 0.3) is 11.5 Å². The molecule has 18 heavy (non-hydrogen) atoms. The van der Waals surface area contributed by atoms with Gasteiger partial charge in [-0.05, 0) is 29.8 Å². The summed E-state index contributed by atoms with van der Waals surface area (Å²) in [5.41, 5.74) is 1.71. The van der Waals surface area contributed by atoms with Gasteiger partial charge in [-0.1, -0.05) is 12.1 Å². The molecule has 1 aromatic heterocycles. The molecule has 0 bridgehead atoms. The van der Waals surface area contributed by atoms with Gasteiger partial charge in [-0.2, -0.15) is 0 Å². The minimum Gasteiger partial charge on any atom is -0.345 e. The van der Waals surface area contributed by atoms with E-state index >= 15 is 0 Å². The lowest BCUT2D eigenvalue weighted by atomic mass is 10.0. The Bertz CT molecular complexity index is 629. The fourth-order valence-corrected chi connectivity index (χ4v) is 1.73. The molecule has 0 fully saturated rings. The molecule has 1 aromatic carbocycles. The van der Waals surface area contributed by atoms with Crippen LogP contribution in [-0.2, 0) is 0 Å². The van der Waals surface area contributed by atoms with Crippen LogP contribution in [0.5, 0.6) is 0 Å². The lowest BCUT2D eigenvalue weighted by Gasteiger charge is -2.11. The Labute approximate surface area is 105 Å². The molecule has 1 heterocycles. The highest BCUT2D eigenvalue weighted by Crippen LogP contribution is 2.17. The van der Waals surface area contributed by atoms with Crippen LogP contribution in [0.2, 0.25) is 0 Å². The molecule has 92 valence electrons. The molecule has 0 saturated carbocycles. The van der Waals surface area contributed by atoms with E-state index in [0.29, 0.717) is 11.1 Å². The van der Waals surface area contributed by atoms with Crippen molar-refractivity contribution < 1.29 is 4.79 Å². The van der Waals surface area contributed by atoms with Gasteiger partial charge >= 0.3 is 0 Å². The monoisotopic (exact) mass is 242 g/mol. The quantitative estimate of drug-likeness (QED) is 0.872. The summed E-state index contributed by atoms with van der Waals surface area (Å²) in [5.74, 6) is -0.0794. The maximum absolute atomic E-state index is 11.9.